The van der Waals surface area contributed by atoms with Gasteiger partial charge in [0.15, 0.2) is 6.10 Å². The second-order valence-corrected chi connectivity index (χ2v) is 21.6. The standard InChI is InChI=1S/C71H122O6/c1-4-7-10-13-16-19-22-25-28-31-33-34-35-36-37-38-39-41-43-46-49-52-55-58-61-64-70(73)76-67-68(66-75-69(72)63-60-57-54-51-48-45-42-30-27-24-21-18-15-12-9-6-3)77-71(74)65-62-59-56-53-50-47-44-40-32-29-26-23-20-17-14-11-8-5-2/h7,10,16,19,25,28-29,32-34,36-37,39,41,46,49,68H,4-6,8-9,11-15,17-18,20-24,26-27,30-31,35,38,40,42-45,47-48,50-67H2,1-3H3/b10-7-,19-16-,28-25-,32-29-,34-33-,37-36-,41-39-,49-46-. The molecule has 0 fully saturated rings. The highest BCUT2D eigenvalue weighted by atomic mass is 16.6. The van der Waals surface area contributed by atoms with Gasteiger partial charge in [-0.1, -0.05) is 291 Å². The number of carbonyl (C=O) groups is 3. The monoisotopic (exact) mass is 1070 g/mol. The zero-order valence-corrected chi connectivity index (χ0v) is 50.7. The molecule has 0 aliphatic carbocycles. The maximum Gasteiger partial charge on any atom is 0.306 e. The quantitative estimate of drug-likeness (QED) is 0.0261. The minimum atomic E-state index is -0.794. The van der Waals surface area contributed by atoms with Crippen LogP contribution in [0, 0.1) is 0 Å². The molecule has 0 amide bonds. The van der Waals surface area contributed by atoms with Crippen molar-refractivity contribution >= 4 is 17.9 Å². The number of hydrogen-bond acceptors (Lipinski definition) is 6. The van der Waals surface area contributed by atoms with E-state index in [9.17, 15) is 14.4 Å². The Balaban J connectivity index is 4.43. The molecule has 0 aliphatic rings. The number of rotatable bonds is 59. The number of allylic oxidation sites excluding steroid dienone is 16. The van der Waals surface area contributed by atoms with Gasteiger partial charge >= 0.3 is 17.9 Å². The maximum atomic E-state index is 12.9. The lowest BCUT2D eigenvalue weighted by atomic mass is 10.0. The van der Waals surface area contributed by atoms with Gasteiger partial charge in [0.2, 0.25) is 0 Å². The number of esters is 3. The molecule has 0 rings (SSSR count). The molecule has 1 unspecified atom stereocenters. The average molecular weight is 1070 g/mol. The number of hydrogen-bond donors (Lipinski definition) is 0. The molecular weight excluding hydrogens is 949 g/mol. The Labute approximate surface area is 477 Å². The van der Waals surface area contributed by atoms with E-state index in [4.69, 9.17) is 14.2 Å². The van der Waals surface area contributed by atoms with Crippen LogP contribution in [0.25, 0.3) is 0 Å². The van der Waals surface area contributed by atoms with Crippen LogP contribution in [0.3, 0.4) is 0 Å². The zero-order chi connectivity index (χ0) is 55.7. The van der Waals surface area contributed by atoms with E-state index in [1.165, 1.54) is 167 Å². The summed E-state index contributed by atoms with van der Waals surface area (Å²) in [5, 5.41) is 0. The van der Waals surface area contributed by atoms with Crippen LogP contribution in [0.2, 0.25) is 0 Å². The number of unbranched alkanes of at least 4 members (excludes halogenated alkanes) is 32. The zero-order valence-electron chi connectivity index (χ0n) is 50.7. The Morgan fingerprint density at radius 1 is 0.273 bits per heavy atom. The van der Waals surface area contributed by atoms with E-state index in [1.807, 2.05) is 0 Å². The molecule has 0 saturated carbocycles. The minimum absolute atomic E-state index is 0.0874. The summed E-state index contributed by atoms with van der Waals surface area (Å²) in [4.78, 5) is 38.4. The van der Waals surface area contributed by atoms with Crippen molar-refractivity contribution in [2.75, 3.05) is 13.2 Å². The minimum Gasteiger partial charge on any atom is -0.462 e. The normalized spacial score (nSPS) is 12.7. The molecule has 0 aromatic carbocycles. The fourth-order valence-electron chi connectivity index (χ4n) is 9.18. The first-order valence-electron chi connectivity index (χ1n) is 32.7. The molecule has 0 aromatic heterocycles. The van der Waals surface area contributed by atoms with Crippen LogP contribution in [-0.2, 0) is 28.6 Å². The van der Waals surface area contributed by atoms with Crippen molar-refractivity contribution in [2.45, 2.75) is 322 Å². The van der Waals surface area contributed by atoms with Crippen molar-refractivity contribution < 1.29 is 28.6 Å². The van der Waals surface area contributed by atoms with E-state index in [0.29, 0.717) is 19.3 Å². The van der Waals surface area contributed by atoms with Gasteiger partial charge in [-0.2, -0.15) is 0 Å². The Bertz CT molecular complexity index is 1510. The first-order chi connectivity index (χ1) is 38.0. The highest BCUT2D eigenvalue weighted by Crippen LogP contribution is 2.16. The summed E-state index contributed by atoms with van der Waals surface area (Å²) < 4.78 is 16.9. The average Bonchev–Trinajstić information content (AvgIpc) is 3.43. The molecule has 6 heteroatoms. The molecule has 77 heavy (non-hydrogen) atoms. The maximum absolute atomic E-state index is 12.9. The van der Waals surface area contributed by atoms with E-state index < -0.39 is 6.10 Å². The van der Waals surface area contributed by atoms with Gasteiger partial charge in [-0.25, -0.2) is 0 Å². The summed E-state index contributed by atoms with van der Waals surface area (Å²) in [5.41, 5.74) is 0. The van der Waals surface area contributed by atoms with Crippen LogP contribution in [0.5, 0.6) is 0 Å². The summed E-state index contributed by atoms with van der Waals surface area (Å²) in [6.45, 7) is 6.53. The summed E-state index contributed by atoms with van der Waals surface area (Å²) in [6.07, 6.45) is 86.9. The lowest BCUT2D eigenvalue weighted by Gasteiger charge is -2.18. The van der Waals surface area contributed by atoms with Gasteiger partial charge in [-0.3, -0.25) is 14.4 Å². The molecule has 0 spiro atoms. The van der Waals surface area contributed by atoms with Crippen LogP contribution in [0.4, 0.5) is 0 Å². The summed E-state index contributed by atoms with van der Waals surface area (Å²) in [6, 6.07) is 0. The molecule has 0 bridgehead atoms. The van der Waals surface area contributed by atoms with Crippen molar-refractivity contribution in [1.82, 2.24) is 0 Å². The molecule has 442 valence electrons. The Hall–Kier alpha value is -3.67. The molecule has 0 aromatic rings. The first-order valence-corrected chi connectivity index (χ1v) is 32.7. The van der Waals surface area contributed by atoms with Crippen molar-refractivity contribution in [3.63, 3.8) is 0 Å². The largest absolute Gasteiger partial charge is 0.462 e. The van der Waals surface area contributed by atoms with E-state index in [-0.39, 0.29) is 31.1 Å². The van der Waals surface area contributed by atoms with Crippen molar-refractivity contribution in [1.29, 1.82) is 0 Å². The summed E-state index contributed by atoms with van der Waals surface area (Å²) in [5.74, 6) is -0.913. The van der Waals surface area contributed by atoms with Crippen LogP contribution < -0.4 is 0 Å². The molecule has 0 radical (unpaired) electrons. The van der Waals surface area contributed by atoms with E-state index in [1.54, 1.807) is 0 Å². The molecule has 0 saturated heterocycles. The van der Waals surface area contributed by atoms with Gasteiger partial charge in [0.05, 0.1) is 0 Å². The van der Waals surface area contributed by atoms with Gasteiger partial charge in [0, 0.05) is 19.3 Å². The van der Waals surface area contributed by atoms with Gasteiger partial charge in [0.25, 0.3) is 0 Å². The van der Waals surface area contributed by atoms with Crippen LogP contribution in [0.15, 0.2) is 97.2 Å². The van der Waals surface area contributed by atoms with Crippen LogP contribution in [-0.4, -0.2) is 37.2 Å². The van der Waals surface area contributed by atoms with E-state index >= 15 is 0 Å². The third-order valence-electron chi connectivity index (χ3n) is 14.1. The second kappa shape index (κ2) is 64.9. The predicted octanol–water partition coefficient (Wildman–Crippen LogP) is 22.4. The summed E-state index contributed by atoms with van der Waals surface area (Å²) in [7, 11) is 0. The SMILES string of the molecule is CC/C=C\C/C=C\C/C=C\C/C=C\C/C=C\C/C=C\C/C=C\CCCCCC(=O)OCC(COC(=O)CCCCCCCCCCCCCCCCCC)OC(=O)CCCCCCCCC/C=C\CCCCCCCCC. The molecule has 0 aliphatic heterocycles. The molecular formula is C71H122O6. The lowest BCUT2D eigenvalue weighted by Crippen LogP contribution is -2.30. The molecule has 0 heterocycles. The van der Waals surface area contributed by atoms with Gasteiger partial charge in [0.1, 0.15) is 13.2 Å². The Kier molecular flexibility index (Phi) is 61.8. The topological polar surface area (TPSA) is 78.9 Å². The second-order valence-electron chi connectivity index (χ2n) is 21.6. The first kappa shape index (κ1) is 73.3. The van der Waals surface area contributed by atoms with Crippen molar-refractivity contribution in [3.8, 4) is 0 Å². The summed E-state index contributed by atoms with van der Waals surface area (Å²) >= 11 is 0. The van der Waals surface area contributed by atoms with Gasteiger partial charge in [-0.05, 0) is 103 Å². The molecule has 0 N–H and O–H groups in total. The number of carbonyl (C=O) groups excluding carboxylic acids is 3. The molecule has 1 atom stereocenters. The fraction of sp³-hybridized carbons (Fsp3) is 0.732. The van der Waals surface area contributed by atoms with Crippen LogP contribution >= 0.6 is 0 Å². The number of ether oxygens (including phenoxy) is 3. The third-order valence-corrected chi connectivity index (χ3v) is 14.1. The molecule has 6 nitrogen and oxygen atoms in total. The highest BCUT2D eigenvalue weighted by molar-refractivity contribution is 5.71. The lowest BCUT2D eigenvalue weighted by molar-refractivity contribution is -0.167. The third kappa shape index (κ3) is 63.0. The van der Waals surface area contributed by atoms with Crippen molar-refractivity contribution in [2.24, 2.45) is 0 Å². The highest BCUT2D eigenvalue weighted by Gasteiger charge is 2.19. The van der Waals surface area contributed by atoms with Crippen LogP contribution in [0.1, 0.15) is 316 Å². The van der Waals surface area contributed by atoms with E-state index in [2.05, 4.69) is 118 Å². The van der Waals surface area contributed by atoms with Gasteiger partial charge in [-0.15, -0.1) is 0 Å². The fourth-order valence-corrected chi connectivity index (χ4v) is 9.18. The van der Waals surface area contributed by atoms with Gasteiger partial charge < -0.3 is 14.2 Å². The predicted molar refractivity (Wildman–Crippen MR) is 334 cm³/mol. The van der Waals surface area contributed by atoms with E-state index in [0.717, 1.165) is 109 Å². The Morgan fingerprint density at radius 3 is 0.818 bits per heavy atom. The smallest absolute Gasteiger partial charge is 0.306 e. The van der Waals surface area contributed by atoms with Crippen molar-refractivity contribution in [3.05, 3.63) is 97.2 Å². The Morgan fingerprint density at radius 2 is 0.506 bits per heavy atom.